The third-order valence-electron chi connectivity index (χ3n) is 10.9. The molecule has 1 aliphatic rings. The summed E-state index contributed by atoms with van der Waals surface area (Å²) in [5.74, 6) is 0. The van der Waals surface area contributed by atoms with Gasteiger partial charge in [0, 0.05) is 42.4 Å². The molecule has 0 N–H and O–H groups in total. The molecule has 8 aromatic carbocycles. The Morgan fingerprint density at radius 2 is 1.10 bits per heavy atom. The minimum absolute atomic E-state index is 0.111. The third-order valence-corrected chi connectivity index (χ3v) is 12.0. The molecule has 2 heteroatoms. The molecule has 242 valence electrons. The highest BCUT2D eigenvalue weighted by Gasteiger charge is 2.38. The number of anilines is 3. The molecule has 0 saturated heterocycles. The summed E-state index contributed by atoms with van der Waals surface area (Å²) in [6, 6.07) is 65.0. The Hall–Kier alpha value is -5.96. The molecule has 0 aliphatic heterocycles. The van der Waals surface area contributed by atoms with Crippen LogP contribution in [-0.2, 0) is 5.41 Å². The number of thiophene rings is 1. The number of hydrogen-bond acceptors (Lipinski definition) is 2. The van der Waals surface area contributed by atoms with Crippen molar-refractivity contribution < 1.29 is 0 Å². The van der Waals surface area contributed by atoms with Crippen molar-refractivity contribution in [1.82, 2.24) is 0 Å². The molecule has 51 heavy (non-hydrogen) atoms. The van der Waals surface area contributed by atoms with Gasteiger partial charge in [-0.3, -0.25) is 0 Å². The van der Waals surface area contributed by atoms with E-state index in [-0.39, 0.29) is 5.41 Å². The topological polar surface area (TPSA) is 3.24 Å². The van der Waals surface area contributed by atoms with E-state index in [1.54, 1.807) is 0 Å². The predicted octanol–water partition coefficient (Wildman–Crippen LogP) is 14.3. The summed E-state index contributed by atoms with van der Waals surface area (Å²) in [4.78, 5) is 2.52. The monoisotopic (exact) mass is 669 g/mol. The molecule has 10 rings (SSSR count). The van der Waals surface area contributed by atoms with Crippen LogP contribution in [0.1, 0.15) is 25.0 Å². The normalized spacial score (nSPS) is 13.1. The van der Waals surface area contributed by atoms with Crippen molar-refractivity contribution in [3.8, 4) is 33.4 Å². The van der Waals surface area contributed by atoms with Gasteiger partial charge in [-0.15, -0.1) is 11.3 Å². The van der Waals surface area contributed by atoms with E-state index in [1.807, 2.05) is 11.3 Å². The van der Waals surface area contributed by atoms with Gasteiger partial charge in [0.2, 0.25) is 0 Å². The molecule has 0 amide bonds. The lowest BCUT2D eigenvalue weighted by molar-refractivity contribution is 0.660. The Labute approximate surface area is 302 Å². The van der Waals surface area contributed by atoms with Gasteiger partial charge in [0.1, 0.15) is 0 Å². The van der Waals surface area contributed by atoms with Crippen LogP contribution < -0.4 is 4.90 Å². The summed E-state index contributed by atoms with van der Waals surface area (Å²) in [5.41, 5.74) is 13.6. The van der Waals surface area contributed by atoms with Crippen molar-refractivity contribution >= 4 is 59.3 Å². The van der Waals surface area contributed by atoms with Gasteiger partial charge >= 0.3 is 0 Å². The fourth-order valence-electron chi connectivity index (χ4n) is 8.41. The second-order valence-electron chi connectivity index (χ2n) is 14.1. The molecule has 0 bridgehead atoms. The Bertz CT molecular complexity index is 2790. The molecule has 9 aromatic rings. The van der Waals surface area contributed by atoms with Gasteiger partial charge in [-0.05, 0) is 86.6 Å². The minimum Gasteiger partial charge on any atom is -0.309 e. The van der Waals surface area contributed by atoms with E-state index >= 15 is 0 Å². The van der Waals surface area contributed by atoms with Crippen molar-refractivity contribution in [2.75, 3.05) is 4.90 Å². The van der Waals surface area contributed by atoms with E-state index in [4.69, 9.17) is 0 Å². The molecule has 1 aliphatic carbocycles. The Morgan fingerprint density at radius 3 is 1.98 bits per heavy atom. The molecule has 0 radical (unpaired) electrons. The maximum Gasteiger partial charge on any atom is 0.0546 e. The van der Waals surface area contributed by atoms with Crippen molar-refractivity contribution in [1.29, 1.82) is 0 Å². The number of fused-ring (bicyclic) bond motifs is 7. The fraction of sp³-hybridized carbons (Fsp3) is 0.0612. The van der Waals surface area contributed by atoms with E-state index in [0.717, 1.165) is 11.4 Å². The Balaban J connectivity index is 1.29. The van der Waals surface area contributed by atoms with Crippen molar-refractivity contribution in [2.45, 2.75) is 19.3 Å². The minimum atomic E-state index is -0.111. The van der Waals surface area contributed by atoms with Crippen molar-refractivity contribution in [2.24, 2.45) is 0 Å². The van der Waals surface area contributed by atoms with Crippen LogP contribution >= 0.6 is 11.3 Å². The lowest BCUT2D eigenvalue weighted by Crippen LogP contribution is -2.16. The fourth-order valence-corrected chi connectivity index (χ4v) is 9.50. The van der Waals surface area contributed by atoms with Crippen LogP contribution in [0.15, 0.2) is 176 Å². The lowest BCUT2D eigenvalue weighted by atomic mass is 9.82. The first-order valence-electron chi connectivity index (χ1n) is 17.7. The van der Waals surface area contributed by atoms with Crippen molar-refractivity contribution in [3.05, 3.63) is 187 Å². The molecule has 1 nitrogen and oxygen atoms in total. The standard InChI is InChI=1S/C49H35NS/c1-49(2)41-21-10-8-19-39(41)48-42(49)22-13-24-44(48)50(36-28-26-32-14-6-7-17-34(32)30-36)43-23-12-20-37(47(43)33-15-4-3-5-16-33)35-27-29-46-40(31-35)38-18-9-11-25-45(38)51-46/h3-31H,1-2H3. The van der Waals surface area contributed by atoms with Gasteiger partial charge < -0.3 is 4.90 Å². The van der Waals surface area contributed by atoms with Crippen LogP contribution in [0.3, 0.4) is 0 Å². The first-order chi connectivity index (χ1) is 25.1. The van der Waals surface area contributed by atoms with E-state index in [0.29, 0.717) is 0 Å². The van der Waals surface area contributed by atoms with Gasteiger partial charge in [0.25, 0.3) is 0 Å². The first-order valence-corrected chi connectivity index (χ1v) is 18.5. The zero-order chi connectivity index (χ0) is 34.1. The average molecular weight is 670 g/mol. The van der Waals surface area contributed by atoms with Crippen LogP contribution in [0.25, 0.3) is 64.3 Å². The molecule has 0 saturated carbocycles. The third kappa shape index (κ3) is 4.67. The number of hydrogen-bond donors (Lipinski definition) is 0. The molecular weight excluding hydrogens is 635 g/mol. The van der Waals surface area contributed by atoms with Crippen LogP contribution in [0.4, 0.5) is 17.1 Å². The summed E-state index contributed by atoms with van der Waals surface area (Å²) >= 11 is 1.87. The predicted molar refractivity (Wildman–Crippen MR) is 220 cm³/mol. The zero-order valence-corrected chi connectivity index (χ0v) is 29.4. The molecule has 1 heterocycles. The molecule has 0 spiro atoms. The molecule has 0 atom stereocenters. The van der Waals surface area contributed by atoms with Crippen LogP contribution in [0, 0.1) is 0 Å². The Kier molecular flexibility index (Phi) is 6.78. The van der Waals surface area contributed by atoms with Gasteiger partial charge in [-0.25, -0.2) is 0 Å². The van der Waals surface area contributed by atoms with Gasteiger partial charge in [-0.2, -0.15) is 0 Å². The first kappa shape index (κ1) is 29.9. The van der Waals surface area contributed by atoms with Crippen molar-refractivity contribution in [3.63, 3.8) is 0 Å². The highest BCUT2D eigenvalue weighted by atomic mass is 32.1. The smallest absolute Gasteiger partial charge is 0.0546 e. The summed E-state index contributed by atoms with van der Waals surface area (Å²) in [5, 5.41) is 5.08. The zero-order valence-electron chi connectivity index (χ0n) is 28.6. The summed E-state index contributed by atoms with van der Waals surface area (Å²) in [7, 11) is 0. The van der Waals surface area contributed by atoms with Crippen LogP contribution in [0.5, 0.6) is 0 Å². The van der Waals surface area contributed by atoms with E-state index in [9.17, 15) is 0 Å². The van der Waals surface area contributed by atoms with E-state index in [2.05, 4.69) is 195 Å². The highest BCUT2D eigenvalue weighted by molar-refractivity contribution is 7.25. The number of nitrogens with zero attached hydrogens (tertiary/aromatic N) is 1. The quantitative estimate of drug-likeness (QED) is 0.176. The van der Waals surface area contributed by atoms with E-state index < -0.39 is 0 Å². The number of benzene rings is 8. The van der Waals surface area contributed by atoms with Gasteiger partial charge in [0.15, 0.2) is 0 Å². The Morgan fingerprint density at radius 1 is 0.431 bits per heavy atom. The maximum absolute atomic E-state index is 2.52. The van der Waals surface area contributed by atoms with E-state index in [1.165, 1.54) is 81.1 Å². The molecule has 0 fully saturated rings. The summed E-state index contributed by atoms with van der Waals surface area (Å²) in [6.07, 6.45) is 0. The van der Waals surface area contributed by atoms with Gasteiger partial charge in [-0.1, -0.05) is 147 Å². The van der Waals surface area contributed by atoms with Gasteiger partial charge in [0.05, 0.1) is 11.4 Å². The highest BCUT2D eigenvalue weighted by Crippen LogP contribution is 2.55. The lowest BCUT2D eigenvalue weighted by Gasteiger charge is -2.31. The average Bonchev–Trinajstić information content (AvgIpc) is 3.67. The molecular formula is C49H35NS. The second kappa shape index (κ2) is 11.6. The summed E-state index contributed by atoms with van der Waals surface area (Å²) < 4.78 is 2.64. The van der Waals surface area contributed by atoms with Crippen LogP contribution in [0.2, 0.25) is 0 Å². The molecule has 0 unspecified atom stereocenters. The molecule has 1 aromatic heterocycles. The SMILES string of the molecule is CC1(C)c2ccccc2-c2c(N(c3ccc4ccccc4c3)c3cccc(-c4ccc5sc6ccccc6c5c4)c3-c3ccccc3)cccc21. The number of rotatable bonds is 5. The second-order valence-corrected chi connectivity index (χ2v) is 15.2. The van der Waals surface area contributed by atoms with Crippen LogP contribution in [-0.4, -0.2) is 0 Å². The summed E-state index contributed by atoms with van der Waals surface area (Å²) in [6.45, 7) is 4.73. The largest absolute Gasteiger partial charge is 0.309 e. The maximum atomic E-state index is 2.52.